The van der Waals surface area contributed by atoms with Crippen LogP contribution in [0.4, 0.5) is 19.0 Å². The highest BCUT2D eigenvalue weighted by Crippen LogP contribution is 2.38. The minimum atomic E-state index is -4.50. The lowest BCUT2D eigenvalue weighted by molar-refractivity contribution is -0.140. The van der Waals surface area contributed by atoms with E-state index >= 15 is 0 Å². The number of halogens is 3. The Morgan fingerprint density at radius 3 is 2.87 bits per heavy atom. The molecule has 7 nitrogen and oxygen atoms in total. The molecule has 0 amide bonds. The summed E-state index contributed by atoms with van der Waals surface area (Å²) in [6.45, 7) is 2.24. The third-order valence-electron chi connectivity index (χ3n) is 5.62. The molecule has 1 aromatic carbocycles. The van der Waals surface area contributed by atoms with Gasteiger partial charge in [-0.05, 0) is 18.6 Å². The topological polar surface area (TPSA) is 81.3 Å². The highest BCUT2D eigenvalue weighted by Gasteiger charge is 2.35. The smallest absolute Gasteiger partial charge is 0.431 e. The molecule has 10 heteroatoms. The molecule has 2 aliphatic rings. The van der Waals surface area contributed by atoms with Gasteiger partial charge in [-0.1, -0.05) is 18.2 Å². The molecule has 2 aromatic heterocycles. The molecule has 5 rings (SSSR count). The minimum Gasteiger partial charge on any atom is -0.490 e. The van der Waals surface area contributed by atoms with Gasteiger partial charge in [0.05, 0.1) is 24.6 Å². The molecule has 0 bridgehead atoms. The van der Waals surface area contributed by atoms with Gasteiger partial charge >= 0.3 is 6.18 Å². The van der Waals surface area contributed by atoms with E-state index in [0.29, 0.717) is 37.3 Å². The van der Waals surface area contributed by atoms with Crippen molar-refractivity contribution in [3.8, 4) is 5.75 Å². The molecule has 3 atom stereocenters. The number of aromatic amines is 1. The Hall–Kier alpha value is -2.85. The van der Waals surface area contributed by atoms with Crippen LogP contribution >= 0.6 is 0 Å². The predicted molar refractivity (Wildman–Crippen MR) is 106 cm³/mol. The van der Waals surface area contributed by atoms with Crippen molar-refractivity contribution in [3.05, 3.63) is 47.9 Å². The number of rotatable bonds is 5. The highest BCUT2D eigenvalue weighted by molar-refractivity contribution is 5.88. The SMILES string of the molecule is FC(F)(F)c1cc2c(N[C@H]3c4ccccc4OC[C@@H]3OCC3CCOC3)ncnc2[nH]1. The maximum atomic E-state index is 13.2. The quantitative estimate of drug-likeness (QED) is 0.633. The van der Waals surface area contributed by atoms with E-state index in [0.717, 1.165) is 24.7 Å². The van der Waals surface area contributed by atoms with Crippen LogP contribution in [0.15, 0.2) is 36.7 Å². The minimum absolute atomic E-state index is 0.116. The molecule has 4 heterocycles. The van der Waals surface area contributed by atoms with Crippen LogP contribution in [0.1, 0.15) is 23.7 Å². The van der Waals surface area contributed by atoms with Crippen molar-refractivity contribution in [1.29, 1.82) is 0 Å². The lowest BCUT2D eigenvalue weighted by atomic mass is 9.97. The number of nitrogens with one attached hydrogen (secondary N) is 2. The fourth-order valence-corrected chi connectivity index (χ4v) is 3.98. The Labute approximate surface area is 175 Å². The zero-order chi connectivity index (χ0) is 21.4. The Morgan fingerprint density at radius 2 is 2.06 bits per heavy atom. The fraction of sp³-hybridized carbons (Fsp3) is 0.429. The largest absolute Gasteiger partial charge is 0.490 e. The first-order valence-electron chi connectivity index (χ1n) is 10.1. The van der Waals surface area contributed by atoms with Crippen LogP contribution < -0.4 is 10.1 Å². The Bertz CT molecular complexity index is 1070. The van der Waals surface area contributed by atoms with Gasteiger partial charge in [0.2, 0.25) is 0 Å². The van der Waals surface area contributed by atoms with E-state index in [4.69, 9.17) is 14.2 Å². The van der Waals surface area contributed by atoms with Gasteiger partial charge in [0.15, 0.2) is 0 Å². The van der Waals surface area contributed by atoms with Crippen LogP contribution in [0, 0.1) is 5.92 Å². The van der Waals surface area contributed by atoms with E-state index in [1.165, 1.54) is 6.33 Å². The number of nitrogens with zero attached hydrogens (tertiary/aromatic N) is 2. The average Bonchev–Trinajstić information content (AvgIpc) is 3.43. The first kappa shape index (κ1) is 20.1. The van der Waals surface area contributed by atoms with E-state index in [1.807, 2.05) is 24.3 Å². The van der Waals surface area contributed by atoms with Gasteiger partial charge in [-0.15, -0.1) is 0 Å². The molecule has 1 saturated heterocycles. The van der Waals surface area contributed by atoms with Crippen LogP contribution in [0.25, 0.3) is 11.0 Å². The van der Waals surface area contributed by atoms with E-state index in [9.17, 15) is 13.2 Å². The number of hydrogen-bond donors (Lipinski definition) is 2. The number of alkyl halides is 3. The molecular weight excluding hydrogens is 413 g/mol. The highest BCUT2D eigenvalue weighted by atomic mass is 19.4. The number of anilines is 1. The molecule has 3 aromatic rings. The lowest BCUT2D eigenvalue weighted by Gasteiger charge is -2.34. The van der Waals surface area contributed by atoms with Gasteiger partial charge in [0.1, 0.15) is 41.9 Å². The summed E-state index contributed by atoms with van der Waals surface area (Å²) < 4.78 is 57.0. The number of fused-ring (bicyclic) bond motifs is 2. The van der Waals surface area contributed by atoms with Gasteiger partial charge in [0.25, 0.3) is 0 Å². The van der Waals surface area contributed by atoms with E-state index in [-0.39, 0.29) is 23.2 Å². The molecular formula is C21H21F3N4O3. The van der Waals surface area contributed by atoms with Gasteiger partial charge in [0, 0.05) is 18.1 Å². The van der Waals surface area contributed by atoms with Crippen molar-refractivity contribution >= 4 is 16.9 Å². The van der Waals surface area contributed by atoms with Crippen molar-refractivity contribution in [1.82, 2.24) is 15.0 Å². The molecule has 31 heavy (non-hydrogen) atoms. The van der Waals surface area contributed by atoms with Crippen LogP contribution in [0.5, 0.6) is 5.75 Å². The molecule has 164 valence electrons. The summed E-state index contributed by atoms with van der Waals surface area (Å²) in [6, 6.07) is 8.20. The predicted octanol–water partition coefficient (Wildman–Crippen LogP) is 3.94. The second-order valence-corrected chi connectivity index (χ2v) is 7.74. The van der Waals surface area contributed by atoms with E-state index in [1.54, 1.807) is 0 Å². The average molecular weight is 434 g/mol. The van der Waals surface area contributed by atoms with Crippen LogP contribution in [0.3, 0.4) is 0 Å². The van der Waals surface area contributed by atoms with Crippen molar-refractivity contribution < 1.29 is 27.4 Å². The Kier molecular flexibility index (Phi) is 5.19. The normalized spacial score (nSPS) is 23.5. The lowest BCUT2D eigenvalue weighted by Crippen LogP contribution is -2.38. The number of ether oxygens (including phenoxy) is 3. The molecule has 2 N–H and O–H groups in total. The molecule has 1 fully saturated rings. The zero-order valence-corrected chi connectivity index (χ0v) is 16.5. The summed E-state index contributed by atoms with van der Waals surface area (Å²) in [6.07, 6.45) is -2.67. The summed E-state index contributed by atoms with van der Waals surface area (Å²) in [4.78, 5) is 10.5. The van der Waals surface area contributed by atoms with Crippen molar-refractivity contribution in [3.63, 3.8) is 0 Å². The first-order valence-corrected chi connectivity index (χ1v) is 10.1. The maximum Gasteiger partial charge on any atom is 0.431 e. The van der Waals surface area contributed by atoms with Crippen LogP contribution in [-0.4, -0.2) is 47.5 Å². The summed E-state index contributed by atoms with van der Waals surface area (Å²) in [5.74, 6) is 1.33. The van der Waals surface area contributed by atoms with Crippen molar-refractivity contribution in [2.45, 2.75) is 24.7 Å². The van der Waals surface area contributed by atoms with E-state index < -0.39 is 11.9 Å². The second kappa shape index (κ2) is 8.01. The van der Waals surface area contributed by atoms with E-state index in [2.05, 4.69) is 20.3 Å². The molecule has 2 aliphatic heterocycles. The number of hydrogen-bond acceptors (Lipinski definition) is 6. The maximum absolute atomic E-state index is 13.2. The molecule has 0 radical (unpaired) electrons. The van der Waals surface area contributed by atoms with Gasteiger partial charge in [-0.25, -0.2) is 9.97 Å². The third-order valence-corrected chi connectivity index (χ3v) is 5.62. The zero-order valence-electron chi connectivity index (χ0n) is 16.5. The monoisotopic (exact) mass is 434 g/mol. The molecule has 0 spiro atoms. The fourth-order valence-electron chi connectivity index (χ4n) is 3.98. The summed E-state index contributed by atoms with van der Waals surface area (Å²) >= 11 is 0. The molecule has 0 saturated carbocycles. The van der Waals surface area contributed by atoms with Crippen molar-refractivity contribution in [2.24, 2.45) is 5.92 Å². The third kappa shape index (κ3) is 4.05. The molecule has 0 aliphatic carbocycles. The molecule has 1 unspecified atom stereocenters. The number of aromatic nitrogens is 3. The Balaban J connectivity index is 1.46. The number of H-pyrrole nitrogens is 1. The van der Waals surface area contributed by atoms with Gasteiger partial charge in [-0.3, -0.25) is 0 Å². The Morgan fingerprint density at radius 1 is 1.19 bits per heavy atom. The number of benzene rings is 1. The summed E-state index contributed by atoms with van der Waals surface area (Å²) in [5, 5.41) is 3.56. The van der Waals surface area contributed by atoms with Gasteiger partial charge in [-0.2, -0.15) is 13.2 Å². The second-order valence-electron chi connectivity index (χ2n) is 7.74. The van der Waals surface area contributed by atoms with Crippen LogP contribution in [0.2, 0.25) is 0 Å². The van der Waals surface area contributed by atoms with Crippen molar-refractivity contribution in [2.75, 3.05) is 31.7 Å². The summed E-state index contributed by atoms with van der Waals surface area (Å²) in [5.41, 5.74) is 0.109. The number of para-hydroxylation sites is 1. The summed E-state index contributed by atoms with van der Waals surface area (Å²) in [7, 11) is 0. The standard InChI is InChI=1S/C21H21F3N4O3/c22-21(23,24)17-7-14-19(27-17)25-11-26-20(14)28-18-13-3-1-2-4-15(13)31-10-16(18)30-9-12-5-6-29-8-12/h1-4,7,11-12,16,18H,5-6,8-10H2,(H2,25,26,27,28)/t12?,16-,18-/m0/s1. The first-order chi connectivity index (χ1) is 15.0. The van der Waals surface area contributed by atoms with Crippen LogP contribution in [-0.2, 0) is 15.7 Å². The van der Waals surface area contributed by atoms with Gasteiger partial charge < -0.3 is 24.5 Å².